The molecule has 0 atom stereocenters. The highest BCUT2D eigenvalue weighted by Gasteiger charge is 2.10. The van der Waals surface area contributed by atoms with Crippen molar-refractivity contribution in [1.29, 1.82) is 0 Å². The quantitative estimate of drug-likeness (QED) is 0.756. The average molecular weight is 347 g/mol. The van der Waals surface area contributed by atoms with Gasteiger partial charge in [0, 0.05) is 0 Å². The SMILES string of the molecule is O=C(O)c1coc(COc2ccc3ccccc3c2Br)c1. The molecule has 106 valence electrons. The number of carbonyl (C=O) groups is 1. The molecule has 0 radical (unpaired) electrons. The first kappa shape index (κ1) is 13.7. The lowest BCUT2D eigenvalue weighted by atomic mass is 10.1. The van der Waals surface area contributed by atoms with Crippen LogP contribution >= 0.6 is 15.9 Å². The van der Waals surface area contributed by atoms with Crippen LogP contribution in [0.2, 0.25) is 0 Å². The first-order valence-electron chi connectivity index (χ1n) is 6.26. The van der Waals surface area contributed by atoms with Crippen molar-refractivity contribution in [3.05, 3.63) is 64.5 Å². The highest BCUT2D eigenvalue weighted by atomic mass is 79.9. The molecule has 2 aromatic carbocycles. The van der Waals surface area contributed by atoms with Gasteiger partial charge in [-0.1, -0.05) is 30.3 Å². The van der Waals surface area contributed by atoms with Crippen molar-refractivity contribution in [3.8, 4) is 5.75 Å². The van der Waals surface area contributed by atoms with Gasteiger partial charge in [-0.2, -0.15) is 0 Å². The van der Waals surface area contributed by atoms with E-state index in [0.717, 1.165) is 15.2 Å². The number of carboxylic acids is 1. The van der Waals surface area contributed by atoms with E-state index in [-0.39, 0.29) is 12.2 Å². The molecule has 0 unspecified atom stereocenters. The Balaban J connectivity index is 1.81. The Morgan fingerprint density at radius 2 is 2.05 bits per heavy atom. The number of hydrogen-bond donors (Lipinski definition) is 1. The van der Waals surface area contributed by atoms with Gasteiger partial charge in [0.2, 0.25) is 0 Å². The molecular formula is C16H11BrO4. The number of halogens is 1. The summed E-state index contributed by atoms with van der Waals surface area (Å²) in [5.74, 6) is 0.131. The standard InChI is InChI=1S/C16H11BrO4/c17-15-13-4-2-1-3-10(13)5-6-14(15)21-9-12-7-11(8-20-12)16(18)19/h1-8H,9H2,(H,18,19). The monoisotopic (exact) mass is 346 g/mol. The fourth-order valence-corrected chi connectivity index (χ4v) is 2.65. The van der Waals surface area contributed by atoms with Crippen LogP contribution in [0.1, 0.15) is 16.1 Å². The summed E-state index contributed by atoms with van der Waals surface area (Å²) in [4.78, 5) is 10.8. The van der Waals surface area contributed by atoms with Crippen LogP contribution in [0.25, 0.3) is 10.8 Å². The molecule has 3 rings (SSSR count). The van der Waals surface area contributed by atoms with E-state index in [1.807, 2.05) is 36.4 Å². The topological polar surface area (TPSA) is 59.7 Å². The highest BCUT2D eigenvalue weighted by molar-refractivity contribution is 9.10. The fraction of sp³-hybridized carbons (Fsp3) is 0.0625. The third-order valence-electron chi connectivity index (χ3n) is 3.10. The van der Waals surface area contributed by atoms with Gasteiger partial charge in [-0.05, 0) is 38.8 Å². The normalized spacial score (nSPS) is 10.7. The molecule has 1 aromatic heterocycles. The molecule has 0 aliphatic carbocycles. The number of hydrogen-bond acceptors (Lipinski definition) is 3. The van der Waals surface area contributed by atoms with Crippen LogP contribution in [-0.4, -0.2) is 11.1 Å². The zero-order valence-electron chi connectivity index (χ0n) is 10.9. The number of carboxylic acid groups (broad SMARTS) is 1. The van der Waals surface area contributed by atoms with Gasteiger partial charge >= 0.3 is 5.97 Å². The van der Waals surface area contributed by atoms with Gasteiger partial charge in [-0.15, -0.1) is 0 Å². The first-order valence-corrected chi connectivity index (χ1v) is 7.05. The highest BCUT2D eigenvalue weighted by Crippen LogP contribution is 2.33. The van der Waals surface area contributed by atoms with Crippen LogP contribution in [0.15, 0.2) is 57.6 Å². The number of rotatable bonds is 4. The lowest BCUT2D eigenvalue weighted by molar-refractivity contribution is 0.0696. The van der Waals surface area contributed by atoms with Crippen molar-refractivity contribution < 1.29 is 19.1 Å². The zero-order valence-corrected chi connectivity index (χ0v) is 12.5. The molecule has 0 amide bonds. The summed E-state index contributed by atoms with van der Waals surface area (Å²) in [6, 6.07) is 13.3. The minimum atomic E-state index is -1.02. The molecule has 1 N–H and O–H groups in total. The summed E-state index contributed by atoms with van der Waals surface area (Å²) < 4.78 is 11.7. The molecule has 5 heteroatoms. The second-order valence-corrected chi connectivity index (χ2v) is 5.29. The maximum atomic E-state index is 10.8. The molecule has 0 bridgehead atoms. The van der Waals surface area contributed by atoms with Gasteiger partial charge in [-0.3, -0.25) is 0 Å². The maximum Gasteiger partial charge on any atom is 0.338 e. The van der Waals surface area contributed by atoms with Gasteiger partial charge in [0.15, 0.2) is 0 Å². The van der Waals surface area contributed by atoms with Crippen molar-refractivity contribution >= 4 is 32.7 Å². The summed E-state index contributed by atoms with van der Waals surface area (Å²) >= 11 is 3.53. The van der Waals surface area contributed by atoms with E-state index < -0.39 is 5.97 Å². The maximum absolute atomic E-state index is 10.8. The summed E-state index contributed by atoms with van der Waals surface area (Å²) in [6.07, 6.45) is 1.20. The Morgan fingerprint density at radius 3 is 2.81 bits per heavy atom. The lowest BCUT2D eigenvalue weighted by Gasteiger charge is -2.09. The smallest absolute Gasteiger partial charge is 0.338 e. The number of benzene rings is 2. The Hall–Kier alpha value is -2.27. The summed E-state index contributed by atoms with van der Waals surface area (Å²) in [5, 5.41) is 11.0. The Morgan fingerprint density at radius 1 is 1.24 bits per heavy atom. The van der Waals surface area contributed by atoms with Gasteiger partial charge in [0.05, 0.1) is 10.0 Å². The summed E-state index contributed by atoms with van der Waals surface area (Å²) in [7, 11) is 0. The Labute approximate surface area is 129 Å². The van der Waals surface area contributed by atoms with Crippen LogP contribution in [0, 0.1) is 0 Å². The molecular weight excluding hydrogens is 336 g/mol. The minimum absolute atomic E-state index is 0.117. The molecule has 0 saturated carbocycles. The molecule has 0 spiro atoms. The second kappa shape index (κ2) is 5.61. The first-order chi connectivity index (χ1) is 10.1. The molecule has 0 aliphatic rings. The fourth-order valence-electron chi connectivity index (χ4n) is 2.04. The minimum Gasteiger partial charge on any atom is -0.484 e. The van der Waals surface area contributed by atoms with Gasteiger partial charge < -0.3 is 14.3 Å². The second-order valence-electron chi connectivity index (χ2n) is 4.49. The van der Waals surface area contributed by atoms with Crippen molar-refractivity contribution in [1.82, 2.24) is 0 Å². The van der Waals surface area contributed by atoms with E-state index in [1.165, 1.54) is 12.3 Å². The van der Waals surface area contributed by atoms with Crippen LogP contribution in [0.4, 0.5) is 0 Å². The van der Waals surface area contributed by atoms with Crippen molar-refractivity contribution in [3.63, 3.8) is 0 Å². The predicted octanol–water partition coefficient (Wildman–Crippen LogP) is 4.47. The molecule has 3 aromatic rings. The van der Waals surface area contributed by atoms with Gasteiger partial charge in [0.1, 0.15) is 24.4 Å². The molecule has 1 heterocycles. The van der Waals surface area contributed by atoms with Crippen molar-refractivity contribution in [2.75, 3.05) is 0 Å². The lowest BCUT2D eigenvalue weighted by Crippen LogP contribution is -1.96. The van der Waals surface area contributed by atoms with Gasteiger partial charge in [-0.25, -0.2) is 4.79 Å². The van der Waals surface area contributed by atoms with Crippen LogP contribution in [0.3, 0.4) is 0 Å². The van der Waals surface area contributed by atoms with Crippen LogP contribution in [0.5, 0.6) is 5.75 Å². The Bertz CT molecular complexity index is 807. The zero-order chi connectivity index (χ0) is 14.8. The summed E-state index contributed by atoms with van der Waals surface area (Å²) in [6.45, 7) is 0.171. The van der Waals surface area contributed by atoms with Gasteiger partial charge in [0.25, 0.3) is 0 Å². The molecule has 4 nitrogen and oxygen atoms in total. The van der Waals surface area contributed by atoms with E-state index >= 15 is 0 Å². The van der Waals surface area contributed by atoms with Crippen molar-refractivity contribution in [2.45, 2.75) is 6.61 Å². The molecule has 0 fully saturated rings. The molecule has 0 aliphatic heterocycles. The number of furan rings is 1. The largest absolute Gasteiger partial charge is 0.484 e. The van der Waals surface area contributed by atoms with E-state index in [4.69, 9.17) is 14.3 Å². The molecule has 21 heavy (non-hydrogen) atoms. The Kier molecular flexibility index (Phi) is 3.66. The number of fused-ring (bicyclic) bond motifs is 1. The number of aromatic carboxylic acids is 1. The van der Waals surface area contributed by atoms with E-state index in [0.29, 0.717) is 11.5 Å². The predicted molar refractivity (Wildman–Crippen MR) is 81.6 cm³/mol. The van der Waals surface area contributed by atoms with E-state index in [9.17, 15) is 4.79 Å². The average Bonchev–Trinajstić information content (AvgIpc) is 2.96. The number of ether oxygens (including phenoxy) is 1. The van der Waals surface area contributed by atoms with E-state index in [2.05, 4.69) is 15.9 Å². The summed E-state index contributed by atoms with van der Waals surface area (Å²) in [5.41, 5.74) is 0.117. The van der Waals surface area contributed by atoms with Crippen LogP contribution < -0.4 is 4.74 Å². The van der Waals surface area contributed by atoms with Crippen LogP contribution in [-0.2, 0) is 6.61 Å². The third-order valence-corrected chi connectivity index (χ3v) is 3.92. The molecule has 0 saturated heterocycles. The third kappa shape index (κ3) is 2.78. The van der Waals surface area contributed by atoms with Crippen molar-refractivity contribution in [2.24, 2.45) is 0 Å². The van der Waals surface area contributed by atoms with E-state index in [1.54, 1.807) is 0 Å².